The van der Waals surface area contributed by atoms with Crippen LogP contribution in [0.25, 0.3) is 0 Å². The Hall–Kier alpha value is -2.34. The van der Waals surface area contributed by atoms with E-state index in [0.717, 1.165) is 24.7 Å². The molecule has 0 N–H and O–H groups in total. The van der Waals surface area contributed by atoms with Crippen LogP contribution in [0.5, 0.6) is 0 Å². The lowest BCUT2D eigenvalue weighted by Gasteiger charge is -2.25. The van der Waals surface area contributed by atoms with Crippen molar-refractivity contribution in [3.8, 4) is 0 Å². The van der Waals surface area contributed by atoms with Crippen LogP contribution in [0, 0.1) is 34.6 Å². The predicted molar refractivity (Wildman–Crippen MR) is 160 cm³/mol. The molecular formula is C37H48. The van der Waals surface area contributed by atoms with Gasteiger partial charge in [-0.3, -0.25) is 0 Å². The Balaban J connectivity index is 1.42. The SMILES string of the molecule is Cc1ccc(Cc2cc(C)c(C)c(Cc3ccc(C)c(C4CCCCC4)c3)c2C)cc1C1CCCCC1. The van der Waals surface area contributed by atoms with Gasteiger partial charge in [0.05, 0.1) is 0 Å². The second-order valence-corrected chi connectivity index (χ2v) is 12.5. The van der Waals surface area contributed by atoms with E-state index in [1.54, 1.807) is 16.7 Å². The van der Waals surface area contributed by atoms with Crippen LogP contribution in [0.3, 0.4) is 0 Å². The number of hydrogen-bond acceptors (Lipinski definition) is 0. The van der Waals surface area contributed by atoms with Crippen molar-refractivity contribution < 1.29 is 0 Å². The maximum absolute atomic E-state index is 2.56. The minimum Gasteiger partial charge on any atom is -0.0588 e. The van der Waals surface area contributed by atoms with E-state index in [2.05, 4.69) is 77.1 Å². The van der Waals surface area contributed by atoms with E-state index < -0.39 is 0 Å². The second-order valence-electron chi connectivity index (χ2n) is 12.5. The van der Waals surface area contributed by atoms with Crippen molar-refractivity contribution in [2.24, 2.45) is 0 Å². The average Bonchev–Trinajstić information content (AvgIpc) is 2.92. The normalized spacial score (nSPS) is 17.3. The fraction of sp³-hybridized carbons (Fsp3) is 0.514. The van der Waals surface area contributed by atoms with E-state index in [1.807, 2.05) is 0 Å². The van der Waals surface area contributed by atoms with Crippen LogP contribution in [0.1, 0.15) is 137 Å². The largest absolute Gasteiger partial charge is 0.0588 e. The van der Waals surface area contributed by atoms with Crippen molar-refractivity contribution in [3.63, 3.8) is 0 Å². The summed E-state index contributed by atoms with van der Waals surface area (Å²) in [5, 5.41) is 0. The van der Waals surface area contributed by atoms with Gasteiger partial charge in [-0.05, 0) is 146 Å². The molecule has 196 valence electrons. The lowest BCUT2D eigenvalue weighted by molar-refractivity contribution is 0.442. The predicted octanol–water partition coefficient (Wildman–Crippen LogP) is 10.5. The molecule has 3 aromatic carbocycles. The molecule has 0 heterocycles. The van der Waals surface area contributed by atoms with Gasteiger partial charge in [-0.2, -0.15) is 0 Å². The van der Waals surface area contributed by atoms with E-state index in [0.29, 0.717) is 0 Å². The first-order valence-electron chi connectivity index (χ1n) is 15.2. The molecule has 0 bridgehead atoms. The van der Waals surface area contributed by atoms with Gasteiger partial charge < -0.3 is 0 Å². The summed E-state index contributed by atoms with van der Waals surface area (Å²) >= 11 is 0. The highest BCUT2D eigenvalue weighted by Crippen LogP contribution is 2.37. The molecule has 37 heavy (non-hydrogen) atoms. The van der Waals surface area contributed by atoms with Crippen molar-refractivity contribution in [2.75, 3.05) is 0 Å². The van der Waals surface area contributed by atoms with Crippen LogP contribution >= 0.6 is 0 Å². The maximum Gasteiger partial charge on any atom is -0.00202 e. The molecule has 0 radical (unpaired) electrons. The Kier molecular flexibility index (Phi) is 8.23. The molecule has 0 nitrogen and oxygen atoms in total. The molecule has 2 aliphatic carbocycles. The summed E-state index contributed by atoms with van der Waals surface area (Å²) in [4.78, 5) is 0. The quantitative estimate of drug-likeness (QED) is 0.321. The third-order valence-corrected chi connectivity index (χ3v) is 9.92. The van der Waals surface area contributed by atoms with Gasteiger partial charge in [0, 0.05) is 0 Å². The highest BCUT2D eigenvalue weighted by molar-refractivity contribution is 5.49. The van der Waals surface area contributed by atoms with Crippen LogP contribution in [-0.4, -0.2) is 0 Å². The number of hydrogen-bond donors (Lipinski definition) is 0. The second kappa shape index (κ2) is 11.6. The zero-order valence-electron chi connectivity index (χ0n) is 24.2. The van der Waals surface area contributed by atoms with E-state index in [9.17, 15) is 0 Å². The highest BCUT2D eigenvalue weighted by Gasteiger charge is 2.20. The molecule has 0 aliphatic heterocycles. The zero-order chi connectivity index (χ0) is 25.9. The van der Waals surface area contributed by atoms with Crippen molar-refractivity contribution in [2.45, 2.75) is 124 Å². The molecule has 2 saturated carbocycles. The van der Waals surface area contributed by atoms with Gasteiger partial charge in [-0.25, -0.2) is 0 Å². The van der Waals surface area contributed by atoms with Crippen molar-refractivity contribution >= 4 is 0 Å². The summed E-state index contributed by atoms with van der Waals surface area (Å²) in [6.07, 6.45) is 16.0. The van der Waals surface area contributed by atoms with Gasteiger partial charge >= 0.3 is 0 Å². The Labute approximate surface area is 226 Å². The van der Waals surface area contributed by atoms with Crippen LogP contribution in [-0.2, 0) is 12.8 Å². The molecule has 0 heteroatoms. The first-order valence-corrected chi connectivity index (χ1v) is 15.2. The van der Waals surface area contributed by atoms with Crippen molar-refractivity contribution in [1.82, 2.24) is 0 Å². The van der Waals surface area contributed by atoms with Crippen molar-refractivity contribution in [3.05, 3.63) is 104 Å². The molecule has 2 aliphatic rings. The minimum absolute atomic E-state index is 0.767. The maximum atomic E-state index is 2.56. The van der Waals surface area contributed by atoms with Crippen LogP contribution < -0.4 is 0 Å². The highest BCUT2D eigenvalue weighted by atomic mass is 14.3. The van der Waals surface area contributed by atoms with Crippen LogP contribution in [0.4, 0.5) is 0 Å². The monoisotopic (exact) mass is 492 g/mol. The Morgan fingerprint density at radius 2 is 1.00 bits per heavy atom. The Morgan fingerprint density at radius 3 is 1.51 bits per heavy atom. The smallest absolute Gasteiger partial charge is 0.00202 e. The van der Waals surface area contributed by atoms with Crippen molar-refractivity contribution in [1.29, 1.82) is 0 Å². The van der Waals surface area contributed by atoms with E-state index in [4.69, 9.17) is 0 Å². The number of benzene rings is 3. The molecule has 2 fully saturated rings. The summed E-state index contributed by atoms with van der Waals surface area (Å²) in [5.74, 6) is 1.54. The first kappa shape index (κ1) is 26.3. The van der Waals surface area contributed by atoms with Gasteiger partial charge in [0.2, 0.25) is 0 Å². The third kappa shape index (κ3) is 5.89. The van der Waals surface area contributed by atoms with Gasteiger partial charge in [-0.15, -0.1) is 0 Å². The summed E-state index contributed by atoms with van der Waals surface area (Å²) < 4.78 is 0. The molecule has 0 aromatic heterocycles. The molecule has 0 atom stereocenters. The average molecular weight is 493 g/mol. The van der Waals surface area contributed by atoms with Gasteiger partial charge in [0.15, 0.2) is 0 Å². The third-order valence-electron chi connectivity index (χ3n) is 9.92. The lowest BCUT2D eigenvalue weighted by atomic mass is 9.80. The van der Waals surface area contributed by atoms with E-state index >= 15 is 0 Å². The molecular weight excluding hydrogens is 444 g/mol. The Bertz CT molecular complexity index is 1230. The Morgan fingerprint density at radius 1 is 0.514 bits per heavy atom. The summed E-state index contributed by atoms with van der Waals surface area (Å²) in [6, 6.07) is 17.1. The lowest BCUT2D eigenvalue weighted by Crippen LogP contribution is -2.08. The molecule has 0 saturated heterocycles. The van der Waals surface area contributed by atoms with Crippen LogP contribution in [0.15, 0.2) is 42.5 Å². The zero-order valence-corrected chi connectivity index (χ0v) is 24.2. The van der Waals surface area contributed by atoms with Crippen LogP contribution in [0.2, 0.25) is 0 Å². The molecule has 0 spiro atoms. The summed E-state index contributed by atoms with van der Waals surface area (Å²) in [6.45, 7) is 11.7. The van der Waals surface area contributed by atoms with Gasteiger partial charge in [0.1, 0.15) is 0 Å². The fourth-order valence-electron chi connectivity index (χ4n) is 7.37. The molecule has 0 amide bonds. The first-order chi connectivity index (χ1) is 17.9. The molecule has 5 rings (SSSR count). The van der Waals surface area contributed by atoms with Gasteiger partial charge in [-0.1, -0.05) is 81.0 Å². The topological polar surface area (TPSA) is 0 Å². The standard InChI is InChI=1S/C37H48/c1-25-16-18-30(22-35(25)32-12-8-6-9-13-32)21-34-20-27(3)28(4)37(29(34)5)24-31-19-17-26(2)36(23-31)33-14-10-7-11-15-33/h16-20,22-23,32-33H,6-15,21,24H2,1-5H3. The fourth-order valence-corrected chi connectivity index (χ4v) is 7.37. The molecule has 0 unspecified atom stereocenters. The van der Waals surface area contributed by atoms with Gasteiger partial charge in [0.25, 0.3) is 0 Å². The molecule has 3 aromatic rings. The van der Waals surface area contributed by atoms with E-state index in [-0.39, 0.29) is 0 Å². The minimum atomic E-state index is 0.767. The number of rotatable bonds is 6. The van der Waals surface area contributed by atoms with E-state index in [1.165, 1.54) is 109 Å². The summed E-state index contributed by atoms with van der Waals surface area (Å²) in [7, 11) is 0. The number of aryl methyl sites for hydroxylation is 3. The summed E-state index contributed by atoms with van der Waals surface area (Å²) in [5.41, 5.74) is 16.7.